The largest absolute Gasteiger partial charge is 0.624 e. The van der Waals surface area contributed by atoms with Crippen molar-refractivity contribution in [1.29, 1.82) is 0 Å². The molecular formula is C24H27BN2O4S. The minimum Gasteiger partial charge on any atom is -0.522 e. The van der Waals surface area contributed by atoms with E-state index in [9.17, 15) is 4.79 Å². The van der Waals surface area contributed by atoms with Crippen molar-refractivity contribution in [3.63, 3.8) is 0 Å². The first kappa shape index (κ1) is 22.3. The van der Waals surface area contributed by atoms with Crippen molar-refractivity contribution in [3.8, 4) is 11.5 Å². The van der Waals surface area contributed by atoms with E-state index in [-0.39, 0.29) is 5.97 Å². The van der Waals surface area contributed by atoms with Gasteiger partial charge in [-0.3, -0.25) is 0 Å². The van der Waals surface area contributed by atoms with Crippen molar-refractivity contribution in [2.45, 2.75) is 44.1 Å². The Balaban J connectivity index is 1.88. The molecule has 0 spiro atoms. The molecule has 8 heteroatoms. The van der Waals surface area contributed by atoms with E-state index in [0.717, 1.165) is 30.7 Å². The number of thioether (sulfide) groups is 1. The van der Waals surface area contributed by atoms with Crippen LogP contribution in [-0.4, -0.2) is 35.5 Å². The van der Waals surface area contributed by atoms with Crippen molar-refractivity contribution in [1.82, 2.24) is 9.55 Å². The Kier molecular flexibility index (Phi) is 7.10. The molecule has 0 N–H and O–H groups in total. The third-order valence-electron chi connectivity index (χ3n) is 5.38. The van der Waals surface area contributed by atoms with E-state index in [4.69, 9.17) is 19.0 Å². The minimum atomic E-state index is -0.646. The lowest BCUT2D eigenvalue weighted by Crippen LogP contribution is -2.39. The number of nitrogens with zero attached hydrogens (tertiary/aromatic N) is 2. The normalized spacial score (nSPS) is 13.3. The summed E-state index contributed by atoms with van der Waals surface area (Å²) < 4.78 is 19.9. The molecule has 1 aromatic heterocycles. The SMILES string of the molecule is CCCCc1nc(SC)c(C(=O)OCC)n1C(B1Oc2ccccc2O1)c1ccccc1. The van der Waals surface area contributed by atoms with Gasteiger partial charge in [-0.25, -0.2) is 9.78 Å². The Morgan fingerprint density at radius 3 is 2.34 bits per heavy atom. The van der Waals surface area contributed by atoms with E-state index in [1.54, 1.807) is 0 Å². The van der Waals surface area contributed by atoms with Gasteiger partial charge in [-0.15, -0.1) is 11.8 Å². The lowest BCUT2D eigenvalue weighted by Gasteiger charge is -2.24. The Morgan fingerprint density at radius 2 is 1.75 bits per heavy atom. The third-order valence-corrected chi connectivity index (χ3v) is 6.05. The number of esters is 1. The van der Waals surface area contributed by atoms with Gasteiger partial charge < -0.3 is 18.6 Å². The summed E-state index contributed by atoms with van der Waals surface area (Å²) in [5.74, 6) is 1.41. The predicted octanol–water partition coefficient (Wildman–Crippen LogP) is 5.21. The number of unbranched alkanes of at least 4 members (excludes halogenated alkanes) is 1. The molecule has 1 unspecified atom stereocenters. The van der Waals surface area contributed by atoms with E-state index < -0.39 is 13.1 Å². The summed E-state index contributed by atoms with van der Waals surface area (Å²) in [6.45, 7) is 4.24. The predicted molar refractivity (Wildman–Crippen MR) is 127 cm³/mol. The molecule has 6 nitrogen and oxygen atoms in total. The highest BCUT2D eigenvalue weighted by molar-refractivity contribution is 7.98. The molecule has 3 aromatic rings. The fourth-order valence-corrected chi connectivity index (χ4v) is 4.49. The van der Waals surface area contributed by atoms with Crippen LogP contribution in [0.4, 0.5) is 0 Å². The van der Waals surface area contributed by atoms with Gasteiger partial charge in [0.1, 0.15) is 28.3 Å². The summed E-state index contributed by atoms with van der Waals surface area (Å²) in [4.78, 5) is 18.0. The van der Waals surface area contributed by atoms with Crippen LogP contribution in [0.1, 0.15) is 54.5 Å². The minimum absolute atomic E-state index is 0.292. The number of carbonyl (C=O) groups excluding carboxylic acids is 1. The van der Waals surface area contributed by atoms with Gasteiger partial charge in [0.15, 0.2) is 5.69 Å². The monoisotopic (exact) mass is 450 g/mol. The number of hydrogen-bond acceptors (Lipinski definition) is 6. The number of hydrogen-bond donors (Lipinski definition) is 0. The Morgan fingerprint density at radius 1 is 1.09 bits per heavy atom. The third kappa shape index (κ3) is 4.37. The van der Waals surface area contributed by atoms with E-state index in [1.165, 1.54) is 11.8 Å². The Labute approximate surface area is 193 Å². The van der Waals surface area contributed by atoms with Gasteiger partial charge in [-0.1, -0.05) is 55.8 Å². The molecule has 1 aliphatic rings. The van der Waals surface area contributed by atoms with Crippen LogP contribution in [0.15, 0.2) is 59.6 Å². The fourth-order valence-electron chi connectivity index (χ4n) is 3.92. The molecule has 1 atom stereocenters. The van der Waals surface area contributed by atoms with Crippen LogP contribution in [0.5, 0.6) is 11.5 Å². The maximum absolute atomic E-state index is 13.1. The second kappa shape index (κ2) is 10.2. The average Bonchev–Trinajstić information content (AvgIpc) is 3.40. The quantitative estimate of drug-likeness (QED) is 0.253. The maximum Gasteiger partial charge on any atom is 0.624 e. The number of fused-ring (bicyclic) bond motifs is 1. The van der Waals surface area contributed by atoms with Crippen LogP contribution < -0.4 is 9.31 Å². The molecule has 0 bridgehead atoms. The highest BCUT2D eigenvalue weighted by atomic mass is 32.2. The van der Waals surface area contributed by atoms with Crippen LogP contribution in [0.25, 0.3) is 0 Å². The van der Waals surface area contributed by atoms with Crippen LogP contribution in [0.2, 0.25) is 0 Å². The van der Waals surface area contributed by atoms with Gasteiger partial charge in [0.25, 0.3) is 0 Å². The van der Waals surface area contributed by atoms with Crippen molar-refractivity contribution in [2.24, 2.45) is 0 Å². The van der Waals surface area contributed by atoms with E-state index in [1.807, 2.05) is 72.3 Å². The standard InChI is InChI=1S/C24H27BN2O4S/c1-4-6-16-20-26-23(32-3)21(24(28)29-5-2)27(20)22(17-12-8-7-9-13-17)25-30-18-14-10-11-15-19(18)31-25/h7-15,22H,4-6,16H2,1-3H3. The molecule has 0 fully saturated rings. The first-order valence-corrected chi connectivity index (χ1v) is 12.2. The maximum atomic E-state index is 13.1. The van der Waals surface area contributed by atoms with E-state index >= 15 is 0 Å². The fraction of sp³-hybridized carbons (Fsp3) is 0.333. The lowest BCUT2D eigenvalue weighted by molar-refractivity contribution is 0.0508. The van der Waals surface area contributed by atoms with Crippen LogP contribution in [0.3, 0.4) is 0 Å². The molecule has 4 rings (SSSR count). The highest BCUT2D eigenvalue weighted by Gasteiger charge is 2.45. The summed E-state index contributed by atoms with van der Waals surface area (Å²) >= 11 is 1.45. The molecule has 0 saturated carbocycles. The zero-order chi connectivity index (χ0) is 22.5. The number of para-hydroxylation sites is 2. The molecule has 2 heterocycles. The summed E-state index contributed by atoms with van der Waals surface area (Å²) in [5.41, 5.74) is 1.42. The Hall–Kier alpha value is -2.87. The number of benzene rings is 2. The summed E-state index contributed by atoms with van der Waals surface area (Å²) in [6.07, 6.45) is 4.65. The second-order valence-electron chi connectivity index (χ2n) is 7.49. The number of rotatable bonds is 9. The lowest BCUT2D eigenvalue weighted by atomic mass is 9.73. The molecule has 0 radical (unpaired) electrons. The van der Waals surface area contributed by atoms with Gasteiger partial charge in [0.2, 0.25) is 0 Å². The molecule has 0 aliphatic carbocycles. The molecule has 1 aliphatic heterocycles. The molecule has 32 heavy (non-hydrogen) atoms. The number of aryl methyl sites for hydroxylation is 1. The zero-order valence-corrected chi connectivity index (χ0v) is 19.4. The molecule has 166 valence electrons. The number of ether oxygens (including phenoxy) is 1. The summed E-state index contributed by atoms with van der Waals surface area (Å²) in [6, 6.07) is 17.6. The van der Waals surface area contributed by atoms with Crippen LogP contribution in [-0.2, 0) is 11.2 Å². The van der Waals surface area contributed by atoms with Crippen LogP contribution in [0, 0.1) is 0 Å². The second-order valence-corrected chi connectivity index (χ2v) is 8.28. The summed E-state index contributed by atoms with van der Waals surface area (Å²) in [5, 5.41) is 0.658. The van der Waals surface area contributed by atoms with Crippen molar-refractivity contribution < 1.29 is 18.8 Å². The van der Waals surface area contributed by atoms with Crippen molar-refractivity contribution >= 4 is 24.8 Å². The number of imidazole rings is 1. The van der Waals surface area contributed by atoms with Gasteiger partial charge in [-0.2, -0.15) is 0 Å². The summed E-state index contributed by atoms with van der Waals surface area (Å²) in [7, 11) is -0.646. The number of aromatic nitrogens is 2. The van der Waals surface area contributed by atoms with Gasteiger partial charge in [-0.05, 0) is 37.3 Å². The Bertz CT molecular complexity index is 1050. The van der Waals surface area contributed by atoms with Crippen molar-refractivity contribution in [2.75, 3.05) is 12.9 Å². The van der Waals surface area contributed by atoms with E-state index in [0.29, 0.717) is 28.8 Å². The molecule has 2 aromatic carbocycles. The molecular weight excluding hydrogens is 423 g/mol. The average molecular weight is 450 g/mol. The zero-order valence-electron chi connectivity index (χ0n) is 18.6. The number of carbonyl (C=O) groups is 1. The molecule has 0 saturated heterocycles. The van der Waals surface area contributed by atoms with Gasteiger partial charge in [0.05, 0.1) is 6.61 Å². The van der Waals surface area contributed by atoms with E-state index in [2.05, 4.69) is 6.92 Å². The van der Waals surface area contributed by atoms with Gasteiger partial charge in [0, 0.05) is 6.42 Å². The highest BCUT2D eigenvalue weighted by Crippen LogP contribution is 2.39. The van der Waals surface area contributed by atoms with Crippen LogP contribution >= 0.6 is 11.8 Å². The first-order valence-electron chi connectivity index (χ1n) is 11.0. The van der Waals surface area contributed by atoms with Crippen molar-refractivity contribution in [3.05, 3.63) is 71.7 Å². The smallest absolute Gasteiger partial charge is 0.522 e. The topological polar surface area (TPSA) is 62.6 Å². The first-order chi connectivity index (χ1) is 15.7. The van der Waals surface area contributed by atoms with Gasteiger partial charge >= 0.3 is 13.1 Å². The molecule has 0 amide bonds.